The Kier molecular flexibility index (Phi) is 5.89. The molecule has 1 aliphatic heterocycles. The lowest BCUT2D eigenvalue weighted by Crippen LogP contribution is -2.23. The summed E-state index contributed by atoms with van der Waals surface area (Å²) in [6.07, 6.45) is -4.91. The number of hydrogen-bond acceptors (Lipinski definition) is 5. The third-order valence-electron chi connectivity index (χ3n) is 4.94. The van der Waals surface area contributed by atoms with Crippen molar-refractivity contribution in [2.75, 3.05) is 9.62 Å². The minimum atomic E-state index is -4.91. The molecule has 12 heteroatoms. The van der Waals surface area contributed by atoms with E-state index in [1.54, 1.807) is 18.2 Å². The smallest absolute Gasteiger partial charge is 0.406 e. The summed E-state index contributed by atoms with van der Waals surface area (Å²) in [6, 6.07) is 14.8. The Hall–Kier alpha value is -3.75. The molecule has 7 nitrogen and oxygen atoms in total. The Balaban J connectivity index is 1.64. The topological polar surface area (TPSA) is 99.5 Å². The fraction of sp³-hybridized carbons (Fsp3) is 0.0909. The second-order valence-corrected chi connectivity index (χ2v) is 9.22. The van der Waals surface area contributed by atoms with Gasteiger partial charge in [-0.15, -0.1) is 13.2 Å². The lowest BCUT2D eigenvalue weighted by Gasteiger charge is -2.16. The number of halogens is 4. The SMILES string of the molecule is N#Cc1cccc(N2Cc3c(NS(=O)(=O)c4ccc(OC(F)(F)F)cc4)ccc(Cl)c3C2=O)c1. The molecule has 0 atom stereocenters. The first kappa shape index (κ1) is 23.4. The van der Waals surface area contributed by atoms with Crippen molar-refractivity contribution in [3.63, 3.8) is 0 Å². The number of alkyl halides is 3. The third-order valence-corrected chi connectivity index (χ3v) is 6.63. The number of hydrogen-bond donors (Lipinski definition) is 1. The molecule has 4 rings (SSSR count). The number of amides is 1. The first-order valence-corrected chi connectivity index (χ1v) is 11.4. The lowest BCUT2D eigenvalue weighted by atomic mass is 10.1. The van der Waals surface area contributed by atoms with Crippen LogP contribution >= 0.6 is 11.6 Å². The predicted molar refractivity (Wildman–Crippen MR) is 117 cm³/mol. The van der Waals surface area contributed by atoms with Crippen LogP contribution in [0.5, 0.6) is 5.75 Å². The van der Waals surface area contributed by atoms with Crippen LogP contribution in [0.4, 0.5) is 24.5 Å². The Morgan fingerprint density at radius 2 is 1.79 bits per heavy atom. The molecule has 0 spiro atoms. The van der Waals surface area contributed by atoms with Crippen LogP contribution in [-0.2, 0) is 16.6 Å². The highest BCUT2D eigenvalue weighted by molar-refractivity contribution is 7.92. The van der Waals surface area contributed by atoms with E-state index < -0.39 is 28.0 Å². The fourth-order valence-corrected chi connectivity index (χ4v) is 4.80. The fourth-order valence-electron chi connectivity index (χ4n) is 3.45. The van der Waals surface area contributed by atoms with Crippen LogP contribution < -0.4 is 14.4 Å². The van der Waals surface area contributed by atoms with Crippen LogP contribution in [0.3, 0.4) is 0 Å². The molecule has 0 aromatic heterocycles. The number of fused-ring (bicyclic) bond motifs is 1. The first-order valence-electron chi connectivity index (χ1n) is 9.50. The van der Waals surface area contributed by atoms with E-state index in [4.69, 9.17) is 16.9 Å². The second kappa shape index (κ2) is 8.55. The van der Waals surface area contributed by atoms with E-state index in [0.717, 1.165) is 24.3 Å². The van der Waals surface area contributed by atoms with Crippen molar-refractivity contribution in [2.45, 2.75) is 17.8 Å². The largest absolute Gasteiger partial charge is 0.573 e. The zero-order chi connectivity index (χ0) is 24.7. The van der Waals surface area contributed by atoms with Crippen LogP contribution in [0, 0.1) is 11.3 Å². The maximum absolute atomic E-state index is 13.0. The van der Waals surface area contributed by atoms with Gasteiger partial charge in [0.1, 0.15) is 5.75 Å². The van der Waals surface area contributed by atoms with Gasteiger partial charge in [0, 0.05) is 11.3 Å². The molecule has 0 aliphatic carbocycles. The molecule has 0 unspecified atom stereocenters. The van der Waals surface area contributed by atoms with Gasteiger partial charge in [-0.3, -0.25) is 9.52 Å². The predicted octanol–water partition coefficient (Wildman–Crippen LogP) is 5.07. The normalized spacial score (nSPS) is 13.4. The Morgan fingerprint density at radius 1 is 1.09 bits per heavy atom. The van der Waals surface area contributed by atoms with E-state index in [1.165, 1.54) is 23.1 Å². The van der Waals surface area contributed by atoms with Crippen LogP contribution in [0.2, 0.25) is 5.02 Å². The minimum absolute atomic E-state index is 0.0141. The summed E-state index contributed by atoms with van der Waals surface area (Å²) in [5.74, 6) is -1.04. The molecule has 0 saturated carbocycles. The first-order chi connectivity index (χ1) is 16.0. The summed E-state index contributed by atoms with van der Waals surface area (Å²) in [7, 11) is -4.22. The highest BCUT2D eigenvalue weighted by atomic mass is 35.5. The number of benzene rings is 3. The maximum atomic E-state index is 13.0. The molecule has 1 aliphatic rings. The number of rotatable bonds is 5. The molecular formula is C22H13ClF3N3O4S. The molecule has 0 saturated heterocycles. The quantitative estimate of drug-likeness (QED) is 0.519. The molecule has 0 fully saturated rings. The molecule has 1 amide bonds. The van der Waals surface area contributed by atoms with Crippen molar-refractivity contribution in [2.24, 2.45) is 0 Å². The molecule has 1 N–H and O–H groups in total. The van der Waals surface area contributed by atoms with E-state index in [1.807, 2.05) is 6.07 Å². The Bertz CT molecular complexity index is 1440. The van der Waals surface area contributed by atoms with E-state index in [9.17, 15) is 26.4 Å². The maximum Gasteiger partial charge on any atom is 0.573 e. The van der Waals surface area contributed by atoms with Crippen LogP contribution in [-0.4, -0.2) is 20.7 Å². The van der Waals surface area contributed by atoms with Gasteiger partial charge in [-0.25, -0.2) is 8.42 Å². The molecular weight excluding hydrogens is 495 g/mol. The van der Waals surface area contributed by atoms with Crippen LogP contribution in [0.15, 0.2) is 65.6 Å². The van der Waals surface area contributed by atoms with Gasteiger partial charge in [-0.05, 0) is 54.6 Å². The second-order valence-electron chi connectivity index (χ2n) is 7.13. The van der Waals surface area contributed by atoms with Crippen molar-refractivity contribution >= 4 is 38.9 Å². The Labute approximate surface area is 197 Å². The number of nitriles is 1. The van der Waals surface area contributed by atoms with Crippen molar-refractivity contribution in [1.29, 1.82) is 5.26 Å². The number of nitrogens with zero attached hydrogens (tertiary/aromatic N) is 2. The summed E-state index contributed by atoms with van der Waals surface area (Å²) in [5.41, 5.74) is 1.29. The van der Waals surface area contributed by atoms with Gasteiger partial charge >= 0.3 is 6.36 Å². The van der Waals surface area contributed by atoms with Crippen LogP contribution in [0.25, 0.3) is 0 Å². The molecule has 1 heterocycles. The van der Waals surface area contributed by atoms with E-state index in [-0.39, 0.29) is 27.7 Å². The lowest BCUT2D eigenvalue weighted by molar-refractivity contribution is -0.274. The summed E-state index contributed by atoms with van der Waals surface area (Å²) in [4.78, 5) is 14.1. The van der Waals surface area contributed by atoms with Crippen molar-refractivity contribution < 1.29 is 31.1 Å². The zero-order valence-electron chi connectivity index (χ0n) is 16.9. The van der Waals surface area contributed by atoms with Gasteiger partial charge in [0.05, 0.1) is 39.3 Å². The average molecular weight is 508 g/mol. The van der Waals surface area contributed by atoms with Crippen LogP contribution in [0.1, 0.15) is 21.5 Å². The number of anilines is 2. The average Bonchev–Trinajstić information content (AvgIpc) is 3.13. The number of carbonyl (C=O) groups is 1. The highest BCUT2D eigenvalue weighted by Gasteiger charge is 2.34. The zero-order valence-corrected chi connectivity index (χ0v) is 18.5. The Morgan fingerprint density at radius 3 is 2.44 bits per heavy atom. The van der Waals surface area contributed by atoms with E-state index >= 15 is 0 Å². The van der Waals surface area contributed by atoms with Gasteiger partial charge in [0.25, 0.3) is 15.9 Å². The van der Waals surface area contributed by atoms with E-state index in [2.05, 4.69) is 9.46 Å². The molecule has 34 heavy (non-hydrogen) atoms. The number of ether oxygens (including phenoxy) is 1. The van der Waals surface area contributed by atoms with Gasteiger partial charge in [0.15, 0.2) is 0 Å². The number of sulfonamides is 1. The van der Waals surface area contributed by atoms with Crippen molar-refractivity contribution in [3.05, 3.63) is 82.4 Å². The van der Waals surface area contributed by atoms with Gasteiger partial charge < -0.3 is 9.64 Å². The monoisotopic (exact) mass is 507 g/mol. The molecule has 174 valence electrons. The molecule has 3 aromatic carbocycles. The highest BCUT2D eigenvalue weighted by Crippen LogP contribution is 2.38. The summed E-state index contributed by atoms with van der Waals surface area (Å²) >= 11 is 6.22. The molecule has 3 aromatic rings. The van der Waals surface area contributed by atoms with Gasteiger partial charge in [-0.1, -0.05) is 17.7 Å². The summed E-state index contributed by atoms with van der Waals surface area (Å²) in [5, 5.41) is 9.25. The number of nitrogens with one attached hydrogen (secondary N) is 1. The summed E-state index contributed by atoms with van der Waals surface area (Å²) < 4.78 is 68.9. The van der Waals surface area contributed by atoms with Crippen molar-refractivity contribution in [3.8, 4) is 11.8 Å². The number of carbonyl (C=O) groups excluding carboxylic acids is 1. The van der Waals surface area contributed by atoms with Crippen molar-refractivity contribution in [1.82, 2.24) is 0 Å². The van der Waals surface area contributed by atoms with Gasteiger partial charge in [0.2, 0.25) is 0 Å². The van der Waals surface area contributed by atoms with Gasteiger partial charge in [-0.2, -0.15) is 5.26 Å². The third kappa shape index (κ3) is 4.64. The summed E-state index contributed by atoms with van der Waals surface area (Å²) in [6.45, 7) is -0.0141. The standard InChI is InChI=1S/C22H13ClF3N3O4S/c23-18-8-9-19(28-34(31,32)16-6-4-15(5-7-16)33-22(24,25)26)17-12-29(21(30)20(17)18)14-3-1-2-13(10-14)11-27/h1-10,28H,12H2. The minimum Gasteiger partial charge on any atom is -0.406 e. The molecule has 0 radical (unpaired) electrons. The molecule has 0 bridgehead atoms. The van der Waals surface area contributed by atoms with E-state index in [0.29, 0.717) is 16.8 Å².